The molecule has 0 bridgehead atoms. The van der Waals surface area contributed by atoms with Crippen LogP contribution >= 0.6 is 11.5 Å². The maximum Gasteiger partial charge on any atom is 0.346 e. The lowest BCUT2D eigenvalue weighted by Gasteiger charge is -2.32. The van der Waals surface area contributed by atoms with Crippen LogP contribution in [-0.4, -0.2) is 33.1 Å². The van der Waals surface area contributed by atoms with E-state index in [4.69, 9.17) is 4.74 Å². The molecule has 0 amide bonds. The number of nitrogens with zero attached hydrogens (tertiary/aromatic N) is 3. The van der Waals surface area contributed by atoms with E-state index in [1.807, 2.05) is 30.0 Å². The Labute approximate surface area is 119 Å². The summed E-state index contributed by atoms with van der Waals surface area (Å²) in [6.45, 7) is 2.21. The molecule has 1 aromatic carbocycles. The Hall–Kier alpha value is -2.15. The molecule has 0 fully saturated rings. The van der Waals surface area contributed by atoms with E-state index in [9.17, 15) is 9.90 Å². The number of para-hydroxylation sites is 2. The number of carboxylic acids is 1. The van der Waals surface area contributed by atoms with Gasteiger partial charge in [0.25, 0.3) is 0 Å². The van der Waals surface area contributed by atoms with Crippen LogP contribution in [0.4, 0.5) is 10.8 Å². The van der Waals surface area contributed by atoms with Crippen LogP contribution in [0.5, 0.6) is 5.75 Å². The zero-order valence-electron chi connectivity index (χ0n) is 10.8. The molecule has 6 nitrogen and oxygen atoms in total. The van der Waals surface area contributed by atoms with Gasteiger partial charge in [-0.3, -0.25) is 0 Å². The molecule has 0 aliphatic carbocycles. The Kier molecular flexibility index (Phi) is 3.27. The molecule has 0 spiro atoms. The van der Waals surface area contributed by atoms with Crippen molar-refractivity contribution in [3.63, 3.8) is 0 Å². The lowest BCUT2D eigenvalue weighted by Crippen LogP contribution is -2.42. The Morgan fingerprint density at radius 2 is 2.35 bits per heavy atom. The molecule has 0 radical (unpaired) electrons. The molecule has 1 unspecified atom stereocenters. The number of aromatic nitrogens is 2. The van der Waals surface area contributed by atoms with Crippen molar-refractivity contribution in [3.8, 4) is 5.75 Å². The molecule has 1 atom stereocenters. The first-order valence-corrected chi connectivity index (χ1v) is 7.05. The van der Waals surface area contributed by atoms with Crippen molar-refractivity contribution in [2.45, 2.75) is 19.4 Å². The summed E-state index contributed by atoms with van der Waals surface area (Å²) >= 11 is 1.27. The number of hydrogen-bond donors (Lipinski definition) is 1. The molecule has 1 aliphatic rings. The molecule has 104 valence electrons. The summed E-state index contributed by atoms with van der Waals surface area (Å²) in [5.74, 6) is 0.338. The van der Waals surface area contributed by atoms with Crippen LogP contribution in [0.15, 0.2) is 24.3 Å². The molecule has 7 heteroatoms. The Morgan fingerprint density at radius 1 is 1.55 bits per heavy atom. The third-order valence-electron chi connectivity index (χ3n) is 3.05. The van der Waals surface area contributed by atoms with Crippen molar-refractivity contribution in [1.82, 2.24) is 9.36 Å². The highest BCUT2D eigenvalue weighted by molar-refractivity contribution is 7.09. The first-order chi connectivity index (χ1) is 9.69. The zero-order chi connectivity index (χ0) is 14.1. The average Bonchev–Trinajstić information content (AvgIpc) is 2.94. The minimum absolute atomic E-state index is 0.227. The van der Waals surface area contributed by atoms with E-state index in [1.54, 1.807) is 6.07 Å². The predicted molar refractivity (Wildman–Crippen MR) is 74.8 cm³/mol. The number of hydrogen-bond acceptors (Lipinski definition) is 6. The van der Waals surface area contributed by atoms with Gasteiger partial charge in [0.05, 0.1) is 12.2 Å². The summed E-state index contributed by atoms with van der Waals surface area (Å²) in [5.41, 5.74) is 0.823. The maximum atomic E-state index is 11.2. The van der Waals surface area contributed by atoms with Crippen LogP contribution in [-0.2, 0) is 11.2 Å². The fraction of sp³-hybridized carbons (Fsp3) is 0.308. The van der Waals surface area contributed by atoms with Gasteiger partial charge in [-0.1, -0.05) is 19.1 Å². The molecule has 3 rings (SSSR count). The second-order valence-corrected chi connectivity index (χ2v) is 5.10. The minimum atomic E-state index is -0.982. The van der Waals surface area contributed by atoms with Crippen molar-refractivity contribution in [1.29, 1.82) is 0 Å². The van der Waals surface area contributed by atoms with Crippen molar-refractivity contribution < 1.29 is 14.6 Å². The van der Waals surface area contributed by atoms with Gasteiger partial charge in [0.15, 0.2) is 0 Å². The highest BCUT2D eigenvalue weighted by Crippen LogP contribution is 2.38. The number of fused-ring (bicyclic) bond motifs is 1. The molecule has 1 aliphatic heterocycles. The molecule has 1 N–H and O–H groups in total. The third-order valence-corrected chi connectivity index (χ3v) is 3.83. The number of anilines is 2. The number of aryl methyl sites for hydroxylation is 1. The summed E-state index contributed by atoms with van der Waals surface area (Å²) in [4.78, 5) is 17.5. The van der Waals surface area contributed by atoms with E-state index in [0.29, 0.717) is 10.9 Å². The number of ether oxygens (including phenoxy) is 1. The van der Waals surface area contributed by atoms with Crippen molar-refractivity contribution in [2.24, 2.45) is 0 Å². The van der Waals surface area contributed by atoms with Gasteiger partial charge in [-0.05, 0) is 12.1 Å². The number of rotatable bonds is 3. The quantitative estimate of drug-likeness (QED) is 0.933. The first-order valence-electron chi connectivity index (χ1n) is 6.27. The van der Waals surface area contributed by atoms with E-state index in [0.717, 1.165) is 17.9 Å². The number of aliphatic carboxylic acids is 1. The summed E-state index contributed by atoms with van der Waals surface area (Å²) < 4.78 is 9.75. The summed E-state index contributed by atoms with van der Waals surface area (Å²) in [6, 6.07) is 7.36. The molecule has 0 saturated carbocycles. The zero-order valence-corrected chi connectivity index (χ0v) is 11.6. The van der Waals surface area contributed by atoms with Gasteiger partial charge in [0, 0.05) is 18.0 Å². The number of carboxylic acid groups (broad SMARTS) is 1. The van der Waals surface area contributed by atoms with Crippen molar-refractivity contribution in [2.75, 3.05) is 11.4 Å². The second-order valence-electron chi connectivity index (χ2n) is 4.37. The van der Waals surface area contributed by atoms with Crippen LogP contribution in [0.1, 0.15) is 12.7 Å². The van der Waals surface area contributed by atoms with Gasteiger partial charge >= 0.3 is 5.97 Å². The number of benzene rings is 1. The lowest BCUT2D eigenvalue weighted by atomic mass is 10.2. The lowest BCUT2D eigenvalue weighted by molar-refractivity contribution is -0.144. The normalized spacial score (nSPS) is 17.4. The van der Waals surface area contributed by atoms with Gasteiger partial charge in [-0.25, -0.2) is 9.78 Å². The van der Waals surface area contributed by atoms with Crippen molar-refractivity contribution in [3.05, 3.63) is 30.1 Å². The first kappa shape index (κ1) is 12.9. The fourth-order valence-corrected chi connectivity index (χ4v) is 2.82. The van der Waals surface area contributed by atoms with E-state index in [-0.39, 0.29) is 6.54 Å². The van der Waals surface area contributed by atoms with Gasteiger partial charge in [-0.2, -0.15) is 4.37 Å². The van der Waals surface area contributed by atoms with Gasteiger partial charge in [0.1, 0.15) is 11.6 Å². The Balaban J connectivity index is 2.02. The molecule has 2 heterocycles. The molecule has 2 aromatic rings. The van der Waals surface area contributed by atoms with Crippen LogP contribution < -0.4 is 9.64 Å². The van der Waals surface area contributed by atoms with E-state index < -0.39 is 12.1 Å². The molecule has 1 aromatic heterocycles. The number of carbonyl (C=O) groups is 1. The van der Waals surface area contributed by atoms with Crippen LogP contribution in [0, 0.1) is 0 Å². The van der Waals surface area contributed by atoms with E-state index in [2.05, 4.69) is 9.36 Å². The largest absolute Gasteiger partial charge is 0.478 e. The topological polar surface area (TPSA) is 75.6 Å². The van der Waals surface area contributed by atoms with Crippen LogP contribution in [0.25, 0.3) is 0 Å². The molecule has 20 heavy (non-hydrogen) atoms. The Morgan fingerprint density at radius 3 is 3.05 bits per heavy atom. The molecule has 0 saturated heterocycles. The average molecular weight is 291 g/mol. The van der Waals surface area contributed by atoms with E-state index >= 15 is 0 Å². The van der Waals surface area contributed by atoms with Gasteiger partial charge in [0.2, 0.25) is 11.2 Å². The van der Waals surface area contributed by atoms with Crippen LogP contribution in [0.3, 0.4) is 0 Å². The summed E-state index contributed by atoms with van der Waals surface area (Å²) in [5, 5.41) is 9.89. The third kappa shape index (κ3) is 2.20. The highest BCUT2D eigenvalue weighted by atomic mass is 32.1. The van der Waals surface area contributed by atoms with Gasteiger partial charge < -0.3 is 14.7 Å². The smallest absolute Gasteiger partial charge is 0.346 e. The Bertz CT molecular complexity index is 643. The predicted octanol–water partition coefficient (Wildman–Crippen LogP) is 2.08. The fourth-order valence-electron chi connectivity index (χ4n) is 2.04. The monoisotopic (exact) mass is 291 g/mol. The van der Waals surface area contributed by atoms with Gasteiger partial charge in [-0.15, -0.1) is 0 Å². The molecular weight excluding hydrogens is 278 g/mol. The highest BCUT2D eigenvalue weighted by Gasteiger charge is 2.32. The SMILES string of the molecule is CCc1nsc(N2CC(C(=O)O)Oc3ccccc32)n1. The second kappa shape index (κ2) is 5.09. The summed E-state index contributed by atoms with van der Waals surface area (Å²) in [6.07, 6.45) is -0.149. The van der Waals surface area contributed by atoms with E-state index in [1.165, 1.54) is 11.5 Å². The van der Waals surface area contributed by atoms with Crippen molar-refractivity contribution >= 4 is 28.3 Å². The van der Waals surface area contributed by atoms with Crippen LogP contribution in [0.2, 0.25) is 0 Å². The summed E-state index contributed by atoms with van der Waals surface area (Å²) in [7, 11) is 0. The maximum absolute atomic E-state index is 11.2. The molecular formula is C13H13N3O3S. The minimum Gasteiger partial charge on any atom is -0.478 e. The standard InChI is InChI=1S/C13H13N3O3S/c1-2-11-14-13(20-15-11)16-7-10(12(17)18)19-9-6-4-3-5-8(9)16/h3-6,10H,2,7H2,1H3,(H,17,18).